The molecule has 3 nitrogen and oxygen atoms in total. The average molecular weight is 121 g/mol. The summed E-state index contributed by atoms with van der Waals surface area (Å²) in [5.74, 6) is -0.873. The minimum atomic E-state index is -1.32. The molecule has 0 saturated heterocycles. The lowest BCUT2D eigenvalue weighted by molar-refractivity contribution is -0.126. The number of nitrogens with two attached hydrogens (primary N) is 1. The van der Waals surface area contributed by atoms with Crippen molar-refractivity contribution in [1.29, 1.82) is 0 Å². The van der Waals surface area contributed by atoms with Crippen LogP contribution in [0.1, 0.15) is 6.42 Å². The number of alkyl halides is 1. The van der Waals surface area contributed by atoms with E-state index in [1.165, 1.54) is 0 Å². The van der Waals surface area contributed by atoms with Crippen LogP contribution in [-0.4, -0.2) is 23.8 Å². The molecule has 0 fully saturated rings. The maximum Gasteiger partial charge on any atom is 0.246 e. The standard InChI is InChI=1S/C4H8FNO2/c5-2-1-3(7)4(6)8/h3,7H,1-2H2,(H2,6,8). The molecule has 0 radical (unpaired) electrons. The molecule has 4 heteroatoms. The molecule has 0 spiro atoms. The van der Waals surface area contributed by atoms with E-state index in [-0.39, 0.29) is 6.42 Å². The zero-order valence-corrected chi connectivity index (χ0v) is 4.30. The molecule has 1 unspecified atom stereocenters. The van der Waals surface area contributed by atoms with Crippen molar-refractivity contribution in [1.82, 2.24) is 0 Å². The lowest BCUT2D eigenvalue weighted by Gasteiger charge is -1.99. The highest BCUT2D eigenvalue weighted by atomic mass is 19.1. The van der Waals surface area contributed by atoms with Gasteiger partial charge in [-0.05, 0) is 0 Å². The number of carbonyl (C=O) groups is 1. The Kier molecular flexibility index (Phi) is 3.10. The van der Waals surface area contributed by atoms with Crippen molar-refractivity contribution < 1.29 is 14.3 Å². The molecule has 0 aliphatic carbocycles. The summed E-state index contributed by atoms with van der Waals surface area (Å²) in [6.07, 6.45) is -1.52. The second-order valence-corrected chi connectivity index (χ2v) is 1.40. The third kappa shape index (κ3) is 2.52. The van der Waals surface area contributed by atoms with Gasteiger partial charge in [0.1, 0.15) is 6.10 Å². The van der Waals surface area contributed by atoms with Gasteiger partial charge in [-0.1, -0.05) is 0 Å². The SMILES string of the molecule is NC(=O)C(O)CCF. The summed E-state index contributed by atoms with van der Waals surface area (Å²) in [5, 5.41) is 8.41. The summed E-state index contributed by atoms with van der Waals surface area (Å²) in [4.78, 5) is 9.89. The Bertz CT molecular complexity index is 86.1. The molecule has 0 bridgehead atoms. The van der Waals surface area contributed by atoms with Crippen LogP contribution in [0.2, 0.25) is 0 Å². The molecule has 3 N–H and O–H groups in total. The predicted molar refractivity (Wildman–Crippen MR) is 25.8 cm³/mol. The van der Waals surface area contributed by atoms with Gasteiger partial charge < -0.3 is 10.8 Å². The maximum atomic E-state index is 11.2. The average Bonchev–Trinajstić information content (AvgIpc) is 1.67. The number of halogens is 1. The second-order valence-electron chi connectivity index (χ2n) is 1.40. The number of amides is 1. The van der Waals surface area contributed by atoms with Crippen LogP contribution in [0.3, 0.4) is 0 Å². The number of primary amides is 1. The van der Waals surface area contributed by atoms with Crippen LogP contribution in [-0.2, 0) is 4.79 Å². The number of aliphatic hydroxyl groups is 1. The van der Waals surface area contributed by atoms with Crippen molar-refractivity contribution in [2.45, 2.75) is 12.5 Å². The molecule has 0 aliphatic heterocycles. The molecule has 8 heavy (non-hydrogen) atoms. The third-order valence-corrected chi connectivity index (χ3v) is 0.711. The van der Waals surface area contributed by atoms with Crippen LogP contribution < -0.4 is 5.73 Å². The van der Waals surface area contributed by atoms with E-state index < -0.39 is 18.7 Å². The van der Waals surface area contributed by atoms with E-state index in [4.69, 9.17) is 5.11 Å². The van der Waals surface area contributed by atoms with Crippen LogP contribution in [0.4, 0.5) is 4.39 Å². The van der Waals surface area contributed by atoms with Crippen LogP contribution in [0.25, 0.3) is 0 Å². The fourth-order valence-electron chi connectivity index (χ4n) is 0.246. The Morgan fingerprint density at radius 1 is 1.88 bits per heavy atom. The fraction of sp³-hybridized carbons (Fsp3) is 0.750. The second kappa shape index (κ2) is 3.37. The van der Waals surface area contributed by atoms with E-state index >= 15 is 0 Å². The molecule has 0 aromatic heterocycles. The maximum absolute atomic E-state index is 11.2. The van der Waals surface area contributed by atoms with E-state index in [1.54, 1.807) is 0 Å². The first-order chi connectivity index (χ1) is 3.68. The lowest BCUT2D eigenvalue weighted by atomic mass is 10.3. The molecule has 0 aliphatic rings. The van der Waals surface area contributed by atoms with Crippen molar-refractivity contribution in [3.05, 3.63) is 0 Å². The van der Waals surface area contributed by atoms with Crippen molar-refractivity contribution >= 4 is 5.91 Å². The summed E-state index contributed by atoms with van der Waals surface area (Å²) in [6, 6.07) is 0. The van der Waals surface area contributed by atoms with Gasteiger partial charge in [-0.2, -0.15) is 0 Å². The molecule has 1 amide bonds. The van der Waals surface area contributed by atoms with Crippen molar-refractivity contribution in [3.63, 3.8) is 0 Å². The van der Waals surface area contributed by atoms with E-state index in [2.05, 4.69) is 5.73 Å². The van der Waals surface area contributed by atoms with Crippen molar-refractivity contribution in [2.75, 3.05) is 6.67 Å². The van der Waals surface area contributed by atoms with E-state index in [9.17, 15) is 9.18 Å². The van der Waals surface area contributed by atoms with E-state index in [0.717, 1.165) is 0 Å². The minimum absolute atomic E-state index is 0.199. The van der Waals surface area contributed by atoms with Crippen LogP contribution in [0, 0.1) is 0 Å². The number of carbonyl (C=O) groups excluding carboxylic acids is 1. The largest absolute Gasteiger partial charge is 0.383 e. The molecule has 1 atom stereocenters. The Balaban J connectivity index is 3.32. The Labute approximate surface area is 46.3 Å². The Hall–Kier alpha value is -0.640. The molecule has 0 aromatic rings. The van der Waals surface area contributed by atoms with Gasteiger partial charge in [0.2, 0.25) is 5.91 Å². The first kappa shape index (κ1) is 7.36. The topological polar surface area (TPSA) is 63.3 Å². The van der Waals surface area contributed by atoms with Gasteiger partial charge in [0, 0.05) is 6.42 Å². The van der Waals surface area contributed by atoms with Gasteiger partial charge in [-0.25, -0.2) is 0 Å². The third-order valence-electron chi connectivity index (χ3n) is 0.711. The highest BCUT2D eigenvalue weighted by Gasteiger charge is 2.08. The molecule has 48 valence electrons. The van der Waals surface area contributed by atoms with E-state index in [1.807, 2.05) is 0 Å². The monoisotopic (exact) mass is 121 g/mol. The number of aliphatic hydroxyl groups excluding tert-OH is 1. The van der Waals surface area contributed by atoms with Gasteiger partial charge >= 0.3 is 0 Å². The first-order valence-corrected chi connectivity index (χ1v) is 2.22. The summed E-state index contributed by atoms with van der Waals surface area (Å²) >= 11 is 0. The van der Waals surface area contributed by atoms with Crippen molar-refractivity contribution in [2.24, 2.45) is 5.73 Å². The molecule has 0 heterocycles. The summed E-state index contributed by atoms with van der Waals surface area (Å²) < 4.78 is 11.2. The zero-order valence-electron chi connectivity index (χ0n) is 4.30. The minimum Gasteiger partial charge on any atom is -0.383 e. The molecular formula is C4H8FNO2. The molecule has 0 saturated carbocycles. The van der Waals surface area contributed by atoms with Crippen LogP contribution in [0.15, 0.2) is 0 Å². The number of hydrogen-bond donors (Lipinski definition) is 2. The summed E-state index contributed by atoms with van der Waals surface area (Å²) in [7, 11) is 0. The normalized spacial score (nSPS) is 13.2. The predicted octanol–water partition coefficient (Wildman–Crippen LogP) is -0.808. The summed E-state index contributed by atoms with van der Waals surface area (Å²) in [5.41, 5.74) is 4.57. The Morgan fingerprint density at radius 3 is 2.50 bits per heavy atom. The lowest BCUT2D eigenvalue weighted by Crippen LogP contribution is -2.28. The number of rotatable bonds is 3. The van der Waals surface area contributed by atoms with Crippen LogP contribution in [0.5, 0.6) is 0 Å². The van der Waals surface area contributed by atoms with Gasteiger partial charge in [-0.3, -0.25) is 9.18 Å². The summed E-state index contributed by atoms with van der Waals surface area (Å²) in [6.45, 7) is -0.718. The molecule has 0 aromatic carbocycles. The van der Waals surface area contributed by atoms with Gasteiger partial charge in [0.25, 0.3) is 0 Å². The van der Waals surface area contributed by atoms with Crippen molar-refractivity contribution in [3.8, 4) is 0 Å². The smallest absolute Gasteiger partial charge is 0.246 e. The first-order valence-electron chi connectivity index (χ1n) is 2.22. The van der Waals surface area contributed by atoms with E-state index in [0.29, 0.717) is 0 Å². The van der Waals surface area contributed by atoms with Gasteiger partial charge in [0.05, 0.1) is 6.67 Å². The van der Waals surface area contributed by atoms with Crippen LogP contribution >= 0.6 is 0 Å². The van der Waals surface area contributed by atoms with Gasteiger partial charge in [-0.15, -0.1) is 0 Å². The quantitative estimate of drug-likeness (QED) is 0.513. The zero-order chi connectivity index (χ0) is 6.57. The molecular weight excluding hydrogens is 113 g/mol. The molecule has 0 rings (SSSR count). The van der Waals surface area contributed by atoms with Gasteiger partial charge in [0.15, 0.2) is 0 Å². The highest BCUT2D eigenvalue weighted by Crippen LogP contribution is 1.88. The Morgan fingerprint density at radius 2 is 2.38 bits per heavy atom. The highest BCUT2D eigenvalue weighted by molar-refractivity contribution is 5.78. The number of hydrogen-bond acceptors (Lipinski definition) is 2. The fourth-order valence-corrected chi connectivity index (χ4v) is 0.246.